The van der Waals surface area contributed by atoms with Crippen molar-refractivity contribution >= 4 is 29.6 Å². The average Bonchev–Trinajstić information content (AvgIpc) is 3.09. The van der Waals surface area contributed by atoms with Gasteiger partial charge in [0.15, 0.2) is 0 Å². The maximum atomic E-state index is 13.1. The molecule has 0 unspecified atom stereocenters. The Hall–Kier alpha value is -3.93. The number of unbranched alkanes of at least 4 members (excludes halogenated alkanes) is 1. The summed E-state index contributed by atoms with van der Waals surface area (Å²) in [5, 5.41) is 2.28. The Morgan fingerprint density at radius 3 is 2.27 bits per heavy atom. The maximum Gasteiger partial charge on any atom is 0.335 e. The number of carbonyl (C=O) groups is 3. The predicted octanol–water partition coefficient (Wildman–Crippen LogP) is 5.10. The van der Waals surface area contributed by atoms with Crippen LogP contribution in [0.15, 0.2) is 66.2 Å². The summed E-state index contributed by atoms with van der Waals surface area (Å²) in [6, 6.07) is 18.2. The third kappa shape index (κ3) is 4.37. The minimum atomic E-state index is -0.748. The van der Waals surface area contributed by atoms with E-state index >= 15 is 0 Å². The molecule has 2 aromatic carbocycles. The largest absolute Gasteiger partial charge is 0.335 e. The molecule has 1 fully saturated rings. The molecule has 1 aliphatic heterocycles. The number of rotatable bonds is 6. The number of nitrogens with one attached hydrogen (secondary N) is 1. The van der Waals surface area contributed by atoms with Crippen LogP contribution in [0.4, 0.5) is 10.5 Å². The van der Waals surface area contributed by atoms with E-state index in [0.29, 0.717) is 5.69 Å². The molecule has 6 heteroatoms. The molecule has 0 spiro atoms. The summed E-state index contributed by atoms with van der Waals surface area (Å²) >= 11 is 0. The highest BCUT2D eigenvalue weighted by atomic mass is 16.2. The van der Waals surface area contributed by atoms with Crippen LogP contribution in [-0.4, -0.2) is 22.4 Å². The molecule has 1 N–H and O–H groups in total. The number of hydrogen-bond acceptors (Lipinski definition) is 3. The number of aryl methyl sites for hydroxylation is 2. The molecule has 4 rings (SSSR count). The van der Waals surface area contributed by atoms with Gasteiger partial charge in [0.1, 0.15) is 5.57 Å². The van der Waals surface area contributed by atoms with Crippen LogP contribution in [0, 0.1) is 13.8 Å². The molecule has 0 saturated carbocycles. The summed E-state index contributed by atoms with van der Waals surface area (Å²) in [6.45, 7) is 6.13. The third-order valence-corrected chi connectivity index (χ3v) is 5.90. The quantitative estimate of drug-likeness (QED) is 0.427. The molecule has 6 nitrogen and oxygen atoms in total. The van der Waals surface area contributed by atoms with E-state index in [1.807, 2.05) is 19.9 Å². The van der Waals surface area contributed by atoms with Crippen LogP contribution < -0.4 is 10.2 Å². The molecule has 0 aliphatic carbocycles. The van der Waals surface area contributed by atoms with Crippen molar-refractivity contribution < 1.29 is 14.4 Å². The van der Waals surface area contributed by atoms with Gasteiger partial charge in [-0.25, -0.2) is 9.69 Å². The molecule has 3 aromatic rings. The van der Waals surface area contributed by atoms with Crippen molar-refractivity contribution in [3.05, 3.63) is 88.8 Å². The molecule has 33 heavy (non-hydrogen) atoms. The van der Waals surface area contributed by atoms with Gasteiger partial charge in [-0.15, -0.1) is 0 Å². The smallest absolute Gasteiger partial charge is 0.318 e. The number of barbiturate groups is 1. The first-order chi connectivity index (χ1) is 15.9. The van der Waals surface area contributed by atoms with Crippen molar-refractivity contribution in [2.45, 2.75) is 40.0 Å². The monoisotopic (exact) mass is 441 g/mol. The summed E-state index contributed by atoms with van der Waals surface area (Å²) < 4.78 is 2.10. The fraction of sp³-hybridized carbons (Fsp3) is 0.222. The van der Waals surface area contributed by atoms with E-state index in [4.69, 9.17) is 0 Å². The molecule has 0 radical (unpaired) electrons. The van der Waals surface area contributed by atoms with Crippen LogP contribution in [0.1, 0.15) is 42.3 Å². The van der Waals surface area contributed by atoms with Gasteiger partial charge in [-0.1, -0.05) is 43.7 Å². The van der Waals surface area contributed by atoms with Gasteiger partial charge >= 0.3 is 6.03 Å². The van der Waals surface area contributed by atoms with Crippen LogP contribution in [0.25, 0.3) is 11.8 Å². The Kier molecular flexibility index (Phi) is 6.27. The number of carbonyl (C=O) groups excluding carboxylic acids is 3. The second-order valence-electron chi connectivity index (χ2n) is 8.23. The number of amides is 4. The number of urea groups is 1. The Labute approximate surface area is 193 Å². The summed E-state index contributed by atoms with van der Waals surface area (Å²) in [7, 11) is 0. The van der Waals surface area contributed by atoms with E-state index < -0.39 is 17.8 Å². The van der Waals surface area contributed by atoms with Gasteiger partial charge in [0.2, 0.25) is 0 Å². The predicted molar refractivity (Wildman–Crippen MR) is 129 cm³/mol. The topological polar surface area (TPSA) is 71.4 Å². The first-order valence-corrected chi connectivity index (χ1v) is 11.2. The molecule has 1 aliphatic rings. The maximum absolute atomic E-state index is 13.1. The summed E-state index contributed by atoms with van der Waals surface area (Å²) in [4.78, 5) is 39.0. The van der Waals surface area contributed by atoms with E-state index in [1.165, 1.54) is 5.56 Å². The Bertz CT molecular complexity index is 1240. The van der Waals surface area contributed by atoms with Crippen molar-refractivity contribution in [2.75, 3.05) is 4.90 Å². The lowest BCUT2D eigenvalue weighted by molar-refractivity contribution is -0.122. The fourth-order valence-corrected chi connectivity index (χ4v) is 4.15. The van der Waals surface area contributed by atoms with E-state index in [2.05, 4.69) is 41.1 Å². The normalized spacial score (nSPS) is 15.3. The number of anilines is 1. The number of imide groups is 2. The van der Waals surface area contributed by atoms with Gasteiger partial charge in [0, 0.05) is 17.1 Å². The molecule has 1 aromatic heterocycles. The van der Waals surface area contributed by atoms with Gasteiger partial charge in [-0.2, -0.15) is 0 Å². The Balaban J connectivity index is 1.68. The lowest BCUT2D eigenvalue weighted by atomic mass is 10.1. The zero-order valence-corrected chi connectivity index (χ0v) is 19.1. The SMILES string of the molecule is CCCCc1ccc(-n2c(C)cc(C=C3C(=O)NC(=O)N(c4ccccc4)C3=O)c2C)cc1. The zero-order valence-electron chi connectivity index (χ0n) is 19.1. The zero-order chi connectivity index (χ0) is 23.5. The standard InChI is InChI=1S/C27H27N3O3/c1-4-5-9-20-12-14-23(15-13-20)29-18(2)16-21(19(29)3)17-24-25(31)28-27(33)30(26(24)32)22-10-7-6-8-11-22/h6-8,10-17H,4-5,9H2,1-3H3,(H,28,31,33). The van der Waals surface area contributed by atoms with Crippen molar-refractivity contribution in [3.8, 4) is 5.69 Å². The third-order valence-electron chi connectivity index (χ3n) is 5.90. The Morgan fingerprint density at radius 2 is 1.61 bits per heavy atom. The summed E-state index contributed by atoms with van der Waals surface area (Å²) in [5.74, 6) is -1.33. The molecule has 0 atom stereocenters. The minimum absolute atomic E-state index is 0.0754. The van der Waals surface area contributed by atoms with Crippen LogP contribution in [0.2, 0.25) is 0 Å². The second kappa shape index (κ2) is 9.28. The highest BCUT2D eigenvalue weighted by molar-refractivity contribution is 6.39. The first-order valence-electron chi connectivity index (χ1n) is 11.2. The van der Waals surface area contributed by atoms with Crippen LogP contribution in [0.5, 0.6) is 0 Å². The molecule has 168 valence electrons. The molecule has 4 amide bonds. The molecule has 1 saturated heterocycles. The van der Waals surface area contributed by atoms with Gasteiger partial charge in [0.25, 0.3) is 11.8 Å². The molecule has 0 bridgehead atoms. The number of para-hydroxylation sites is 1. The van der Waals surface area contributed by atoms with E-state index in [9.17, 15) is 14.4 Å². The number of nitrogens with zero attached hydrogens (tertiary/aromatic N) is 2. The average molecular weight is 442 g/mol. The van der Waals surface area contributed by atoms with Gasteiger partial charge in [0.05, 0.1) is 5.69 Å². The highest BCUT2D eigenvalue weighted by Crippen LogP contribution is 2.26. The van der Waals surface area contributed by atoms with E-state index in [1.54, 1.807) is 36.4 Å². The fourth-order valence-electron chi connectivity index (χ4n) is 4.15. The van der Waals surface area contributed by atoms with Gasteiger partial charge in [-0.3, -0.25) is 14.9 Å². The molecule has 2 heterocycles. The van der Waals surface area contributed by atoms with Crippen molar-refractivity contribution in [3.63, 3.8) is 0 Å². The van der Waals surface area contributed by atoms with Crippen LogP contribution in [-0.2, 0) is 16.0 Å². The number of hydrogen-bond donors (Lipinski definition) is 1. The van der Waals surface area contributed by atoms with Gasteiger partial charge < -0.3 is 4.57 Å². The first kappa shape index (κ1) is 22.3. The number of aromatic nitrogens is 1. The van der Waals surface area contributed by atoms with Crippen molar-refractivity contribution in [2.24, 2.45) is 0 Å². The summed E-state index contributed by atoms with van der Waals surface area (Å²) in [6.07, 6.45) is 4.95. The van der Waals surface area contributed by atoms with Crippen molar-refractivity contribution in [1.29, 1.82) is 0 Å². The van der Waals surface area contributed by atoms with Gasteiger partial charge in [-0.05, 0) is 74.2 Å². The van der Waals surface area contributed by atoms with Crippen LogP contribution in [0.3, 0.4) is 0 Å². The van der Waals surface area contributed by atoms with Crippen LogP contribution >= 0.6 is 0 Å². The Morgan fingerprint density at radius 1 is 0.909 bits per heavy atom. The minimum Gasteiger partial charge on any atom is -0.318 e. The lowest BCUT2D eigenvalue weighted by Gasteiger charge is -2.26. The van der Waals surface area contributed by atoms with E-state index in [0.717, 1.165) is 46.8 Å². The summed E-state index contributed by atoms with van der Waals surface area (Å²) in [5.41, 5.74) is 5.31. The van der Waals surface area contributed by atoms with Crippen molar-refractivity contribution in [1.82, 2.24) is 9.88 Å². The second-order valence-corrected chi connectivity index (χ2v) is 8.23. The molecular formula is C27H27N3O3. The molecular weight excluding hydrogens is 414 g/mol. The lowest BCUT2D eigenvalue weighted by Crippen LogP contribution is -2.54. The number of benzene rings is 2. The van der Waals surface area contributed by atoms with E-state index in [-0.39, 0.29) is 5.57 Å². The highest BCUT2D eigenvalue weighted by Gasteiger charge is 2.36.